The molecule has 0 unspecified atom stereocenters. The summed E-state index contributed by atoms with van der Waals surface area (Å²) >= 11 is 1.21. The Morgan fingerprint density at radius 3 is 2.58 bits per heavy atom. The molecule has 2 aromatic carbocycles. The molecule has 2 rings (SSSR count). The second-order valence-corrected chi connectivity index (χ2v) is 5.16. The van der Waals surface area contributed by atoms with E-state index < -0.39 is 6.10 Å². The van der Waals surface area contributed by atoms with Crippen LogP contribution in [0, 0.1) is 17.1 Å². The second kappa shape index (κ2) is 5.87. The van der Waals surface area contributed by atoms with Gasteiger partial charge in [0.25, 0.3) is 0 Å². The molecule has 1 N–H and O–H groups in total. The van der Waals surface area contributed by atoms with Gasteiger partial charge < -0.3 is 5.11 Å². The molecule has 4 heteroatoms. The van der Waals surface area contributed by atoms with Crippen LogP contribution in [0.2, 0.25) is 0 Å². The Morgan fingerprint density at radius 2 is 1.95 bits per heavy atom. The first-order valence-corrected chi connectivity index (χ1v) is 6.58. The fourth-order valence-electron chi connectivity index (χ4n) is 1.68. The first-order chi connectivity index (χ1) is 9.11. The van der Waals surface area contributed by atoms with E-state index in [1.165, 1.54) is 17.8 Å². The lowest BCUT2D eigenvalue weighted by Crippen LogP contribution is -1.95. The van der Waals surface area contributed by atoms with Gasteiger partial charge in [-0.25, -0.2) is 4.39 Å². The van der Waals surface area contributed by atoms with Gasteiger partial charge in [0.05, 0.1) is 17.7 Å². The van der Waals surface area contributed by atoms with Crippen molar-refractivity contribution in [3.05, 3.63) is 59.4 Å². The van der Waals surface area contributed by atoms with Gasteiger partial charge in [-0.1, -0.05) is 30.0 Å². The smallest absolute Gasteiger partial charge is 0.137 e. The molecule has 0 bridgehead atoms. The summed E-state index contributed by atoms with van der Waals surface area (Å²) < 4.78 is 13.6. The van der Waals surface area contributed by atoms with Crippen molar-refractivity contribution in [2.75, 3.05) is 0 Å². The number of nitriles is 1. The van der Waals surface area contributed by atoms with Gasteiger partial charge in [0, 0.05) is 9.79 Å². The molecule has 1 atom stereocenters. The quantitative estimate of drug-likeness (QED) is 0.922. The maximum absolute atomic E-state index is 13.6. The molecule has 0 aliphatic heterocycles. The average molecular weight is 273 g/mol. The van der Waals surface area contributed by atoms with Crippen LogP contribution in [0.1, 0.15) is 24.2 Å². The van der Waals surface area contributed by atoms with Crippen molar-refractivity contribution in [3.63, 3.8) is 0 Å². The van der Waals surface area contributed by atoms with Crippen molar-refractivity contribution in [2.45, 2.75) is 22.8 Å². The van der Waals surface area contributed by atoms with Crippen LogP contribution in [0.4, 0.5) is 4.39 Å². The third kappa shape index (κ3) is 3.14. The molecule has 96 valence electrons. The molecule has 19 heavy (non-hydrogen) atoms. The molecule has 0 aliphatic rings. The van der Waals surface area contributed by atoms with Gasteiger partial charge in [0.2, 0.25) is 0 Å². The predicted octanol–water partition coefficient (Wildman–Crippen LogP) is 3.90. The van der Waals surface area contributed by atoms with E-state index >= 15 is 0 Å². The number of aliphatic hydroxyl groups is 1. The summed E-state index contributed by atoms with van der Waals surface area (Å²) in [6, 6.07) is 13.5. The largest absolute Gasteiger partial charge is 0.389 e. The highest BCUT2D eigenvalue weighted by atomic mass is 32.2. The SMILES string of the molecule is C[C@H](O)c1ccc(C#N)cc1Sc1ccccc1F. The Balaban J connectivity index is 2.44. The second-order valence-electron chi connectivity index (χ2n) is 4.07. The van der Waals surface area contributed by atoms with Crippen molar-refractivity contribution in [1.29, 1.82) is 5.26 Å². The molecular weight excluding hydrogens is 261 g/mol. The van der Waals surface area contributed by atoms with Gasteiger partial charge in [-0.2, -0.15) is 5.26 Å². The number of benzene rings is 2. The summed E-state index contributed by atoms with van der Waals surface area (Å²) in [5.41, 5.74) is 1.18. The van der Waals surface area contributed by atoms with E-state index in [0.29, 0.717) is 20.9 Å². The highest BCUT2D eigenvalue weighted by Crippen LogP contribution is 2.35. The average Bonchev–Trinajstić information content (AvgIpc) is 2.41. The fourth-order valence-corrected chi connectivity index (χ4v) is 2.77. The lowest BCUT2D eigenvalue weighted by atomic mass is 10.1. The van der Waals surface area contributed by atoms with Crippen molar-refractivity contribution in [2.24, 2.45) is 0 Å². The summed E-state index contributed by atoms with van der Waals surface area (Å²) in [5, 5.41) is 18.6. The Hall–Kier alpha value is -1.83. The lowest BCUT2D eigenvalue weighted by molar-refractivity contribution is 0.196. The van der Waals surface area contributed by atoms with Crippen LogP contribution < -0.4 is 0 Å². The highest BCUT2D eigenvalue weighted by Gasteiger charge is 2.12. The zero-order valence-corrected chi connectivity index (χ0v) is 11.1. The highest BCUT2D eigenvalue weighted by molar-refractivity contribution is 7.99. The molecular formula is C15H12FNOS. The van der Waals surface area contributed by atoms with Crippen molar-refractivity contribution in [3.8, 4) is 6.07 Å². The fraction of sp³-hybridized carbons (Fsp3) is 0.133. The summed E-state index contributed by atoms with van der Waals surface area (Å²) in [5.74, 6) is -0.314. The van der Waals surface area contributed by atoms with Crippen LogP contribution in [-0.2, 0) is 0 Å². The standard InChI is InChI=1S/C15H12FNOS/c1-10(18)12-7-6-11(9-17)8-15(12)19-14-5-3-2-4-13(14)16/h2-8,10,18H,1H3/t10-/m0/s1. The molecule has 0 fully saturated rings. The molecule has 0 saturated heterocycles. The minimum absolute atomic E-state index is 0.314. The number of aliphatic hydroxyl groups excluding tert-OH is 1. The van der Waals surface area contributed by atoms with Crippen LogP contribution in [0.5, 0.6) is 0 Å². The van der Waals surface area contributed by atoms with Crippen LogP contribution in [0.15, 0.2) is 52.3 Å². The van der Waals surface area contributed by atoms with Crippen molar-refractivity contribution in [1.82, 2.24) is 0 Å². The molecule has 0 heterocycles. The minimum Gasteiger partial charge on any atom is -0.389 e. The Kier molecular flexibility index (Phi) is 4.20. The first-order valence-electron chi connectivity index (χ1n) is 5.76. The molecule has 0 radical (unpaired) electrons. The third-order valence-corrected chi connectivity index (χ3v) is 3.77. The first kappa shape index (κ1) is 13.6. The Bertz CT molecular complexity index is 634. The van der Waals surface area contributed by atoms with E-state index in [-0.39, 0.29) is 5.82 Å². The van der Waals surface area contributed by atoms with Gasteiger partial charge in [-0.3, -0.25) is 0 Å². The molecule has 0 aromatic heterocycles. The normalized spacial score (nSPS) is 11.9. The lowest BCUT2D eigenvalue weighted by Gasteiger charge is -2.12. The van der Waals surface area contributed by atoms with E-state index in [1.807, 2.05) is 6.07 Å². The zero-order valence-electron chi connectivity index (χ0n) is 10.3. The van der Waals surface area contributed by atoms with Crippen molar-refractivity contribution >= 4 is 11.8 Å². The van der Waals surface area contributed by atoms with Gasteiger partial charge in [-0.05, 0) is 36.8 Å². The monoisotopic (exact) mass is 273 g/mol. The third-order valence-electron chi connectivity index (χ3n) is 2.65. The number of rotatable bonds is 3. The van der Waals surface area contributed by atoms with Gasteiger partial charge in [0.1, 0.15) is 5.82 Å². The molecule has 2 nitrogen and oxygen atoms in total. The molecule has 0 amide bonds. The van der Waals surface area contributed by atoms with Crippen LogP contribution in [0.25, 0.3) is 0 Å². The van der Waals surface area contributed by atoms with Gasteiger partial charge in [-0.15, -0.1) is 0 Å². The number of hydrogen-bond acceptors (Lipinski definition) is 3. The number of halogens is 1. The van der Waals surface area contributed by atoms with E-state index in [0.717, 1.165) is 0 Å². The van der Waals surface area contributed by atoms with Crippen LogP contribution in [-0.4, -0.2) is 5.11 Å². The number of hydrogen-bond donors (Lipinski definition) is 1. The van der Waals surface area contributed by atoms with Gasteiger partial charge >= 0.3 is 0 Å². The molecule has 2 aromatic rings. The van der Waals surface area contributed by atoms with Gasteiger partial charge in [0.15, 0.2) is 0 Å². The summed E-state index contributed by atoms with van der Waals surface area (Å²) in [4.78, 5) is 1.17. The Morgan fingerprint density at radius 1 is 1.21 bits per heavy atom. The summed E-state index contributed by atoms with van der Waals surface area (Å²) in [6.07, 6.45) is -0.665. The zero-order chi connectivity index (χ0) is 13.8. The minimum atomic E-state index is -0.665. The summed E-state index contributed by atoms with van der Waals surface area (Å²) in [6.45, 7) is 1.65. The summed E-state index contributed by atoms with van der Waals surface area (Å²) in [7, 11) is 0. The topological polar surface area (TPSA) is 44.0 Å². The van der Waals surface area contributed by atoms with E-state index in [2.05, 4.69) is 0 Å². The maximum atomic E-state index is 13.6. The van der Waals surface area contributed by atoms with Crippen LogP contribution >= 0.6 is 11.8 Å². The van der Waals surface area contributed by atoms with Crippen LogP contribution in [0.3, 0.4) is 0 Å². The van der Waals surface area contributed by atoms with E-state index in [9.17, 15) is 9.50 Å². The van der Waals surface area contributed by atoms with E-state index in [4.69, 9.17) is 5.26 Å². The van der Waals surface area contributed by atoms with Crippen molar-refractivity contribution < 1.29 is 9.50 Å². The molecule has 0 aliphatic carbocycles. The molecule has 0 spiro atoms. The molecule has 0 saturated carbocycles. The maximum Gasteiger partial charge on any atom is 0.137 e. The Labute approximate surface area is 115 Å². The predicted molar refractivity (Wildman–Crippen MR) is 72.3 cm³/mol. The number of nitrogens with zero attached hydrogens (tertiary/aromatic N) is 1. The van der Waals surface area contributed by atoms with E-state index in [1.54, 1.807) is 43.3 Å².